The number of halogens is 2. The Labute approximate surface area is 243 Å². The predicted octanol–water partition coefficient (Wildman–Crippen LogP) is 1.32. The molecule has 17 nitrogen and oxygen atoms in total. The molecule has 0 radical (unpaired) electrons. The van der Waals surface area contributed by atoms with E-state index in [1.54, 1.807) is 0 Å². The molecule has 3 aromatic rings. The Morgan fingerprint density at radius 2 is 1.50 bits per heavy atom. The summed E-state index contributed by atoms with van der Waals surface area (Å²) in [5.74, 6) is 0.0336. The van der Waals surface area contributed by atoms with Crippen LogP contribution in [0.5, 0.6) is 0 Å². The number of imidazole rings is 1. The van der Waals surface area contributed by atoms with Crippen LogP contribution in [0.25, 0.3) is 11.2 Å². The summed E-state index contributed by atoms with van der Waals surface area (Å²) in [6, 6.07) is 0.954. The zero-order chi connectivity index (χ0) is 30.0. The number of fused-ring (bicyclic) bond motifs is 3. The standard InChI is InChI=1S/C19H21F2N7O10P2S2/c20-10-13-7(35-17(10)27-2-1-9(29)26-19(27)30)3-33-40(32,42)38-14-8(4-34-39(31,41)37-13)36-18(11(14)21)28-6-25-12-15(22)23-5-24-16(12)28/h1-2,5-8,10-11,13-14,17-18H,3-4H2,(H,31,41)(H,32,42)(H2,22,23,24)(H,26,29,30)/t7-,8-,10?,11?,13?,14?,17-,18-,39?,40?/m1/s1. The fourth-order valence-electron chi connectivity index (χ4n) is 4.74. The van der Waals surface area contributed by atoms with Crippen LogP contribution in [-0.2, 0) is 36.7 Å². The quantitative estimate of drug-likeness (QED) is 0.224. The summed E-state index contributed by atoms with van der Waals surface area (Å²) in [4.78, 5) is 37.6. The highest BCUT2D eigenvalue weighted by atomic mass is 32.7. The molecule has 0 saturated carbocycles. The number of aromatic nitrogens is 6. The third-order valence-electron chi connectivity index (χ3n) is 6.63. The number of hydrogen-bond donors (Lipinski definition) is 4. The largest absolute Gasteiger partial charge is 0.386 e. The zero-order valence-corrected chi connectivity index (χ0v) is 24.4. The van der Waals surface area contributed by atoms with Crippen LogP contribution in [-0.4, -0.2) is 79.0 Å². The average Bonchev–Trinajstić information content (AvgIpc) is 3.57. The zero-order valence-electron chi connectivity index (χ0n) is 20.8. The van der Waals surface area contributed by atoms with Gasteiger partial charge in [0.2, 0.25) is 0 Å². The fourth-order valence-corrected chi connectivity index (χ4v) is 7.71. The van der Waals surface area contributed by atoms with Gasteiger partial charge in [-0.1, -0.05) is 24.5 Å². The van der Waals surface area contributed by atoms with Crippen LogP contribution < -0.4 is 17.0 Å². The molecule has 0 amide bonds. The van der Waals surface area contributed by atoms with Crippen molar-refractivity contribution in [2.24, 2.45) is 0 Å². The molecule has 6 rings (SSSR count). The van der Waals surface area contributed by atoms with Crippen LogP contribution in [0.15, 0.2) is 34.5 Å². The SMILES string of the molecule is Nc1ncnc2c1ncn2[C@@H]1O[C@@H]2COP(=O)(S)OC3C(F)[C@H](n4ccc(=O)[nH]c4=O)O[C@@H]3COP(=O)(S)OC2C1F. The van der Waals surface area contributed by atoms with Gasteiger partial charge in [-0.25, -0.2) is 37.7 Å². The van der Waals surface area contributed by atoms with Gasteiger partial charge in [0, 0.05) is 12.3 Å². The summed E-state index contributed by atoms with van der Waals surface area (Å²) in [7, 11) is 0. The topological polar surface area (TPSA) is 214 Å². The van der Waals surface area contributed by atoms with E-state index in [1.807, 2.05) is 4.98 Å². The van der Waals surface area contributed by atoms with Crippen LogP contribution >= 0.6 is 38.1 Å². The molecule has 228 valence electrons. The van der Waals surface area contributed by atoms with E-state index in [0.29, 0.717) is 0 Å². The van der Waals surface area contributed by atoms with Crippen LogP contribution in [0.3, 0.4) is 0 Å². The molecule has 42 heavy (non-hydrogen) atoms. The van der Waals surface area contributed by atoms with Gasteiger partial charge < -0.3 is 15.2 Å². The van der Waals surface area contributed by atoms with E-state index in [2.05, 4.69) is 39.4 Å². The summed E-state index contributed by atoms with van der Waals surface area (Å²) in [5.41, 5.74) is 4.35. The van der Waals surface area contributed by atoms with Crippen LogP contribution in [0.4, 0.5) is 14.6 Å². The lowest BCUT2D eigenvalue weighted by atomic mass is 10.1. The van der Waals surface area contributed by atoms with E-state index in [0.717, 1.165) is 23.2 Å². The maximum atomic E-state index is 15.9. The molecule has 3 saturated heterocycles. The number of ether oxygens (including phenoxy) is 2. The molecule has 10 atom stereocenters. The number of rotatable bonds is 2. The maximum absolute atomic E-state index is 15.9. The van der Waals surface area contributed by atoms with E-state index < -0.39 is 87.3 Å². The van der Waals surface area contributed by atoms with Gasteiger partial charge in [0.05, 0.1) is 19.5 Å². The Hall–Kier alpha value is -2.19. The van der Waals surface area contributed by atoms with Crippen molar-refractivity contribution >= 4 is 55.1 Å². The lowest BCUT2D eigenvalue weighted by molar-refractivity contribution is -0.0558. The Bertz CT molecular complexity index is 1730. The molecular weight excluding hydrogens is 650 g/mol. The first-order valence-corrected chi connectivity index (χ1v) is 17.4. The third-order valence-corrected chi connectivity index (χ3v) is 9.86. The van der Waals surface area contributed by atoms with Crippen molar-refractivity contribution in [3.63, 3.8) is 0 Å². The second-order valence-corrected chi connectivity index (χ2v) is 15.0. The number of thiol groups is 2. The second kappa shape index (κ2) is 11.1. The van der Waals surface area contributed by atoms with Crippen molar-refractivity contribution in [1.29, 1.82) is 0 Å². The maximum Gasteiger partial charge on any atom is 0.386 e. The number of H-pyrrole nitrogens is 1. The number of alkyl halides is 2. The molecule has 3 N–H and O–H groups in total. The average molecular weight is 671 g/mol. The minimum absolute atomic E-state index is 0.0336. The summed E-state index contributed by atoms with van der Waals surface area (Å²) in [6.07, 6.45) is -10.3. The molecule has 0 bridgehead atoms. The summed E-state index contributed by atoms with van der Waals surface area (Å²) >= 11 is 7.83. The van der Waals surface area contributed by atoms with Crippen molar-refractivity contribution in [3.05, 3.63) is 45.8 Å². The number of hydrogen-bond acceptors (Lipinski definition) is 14. The molecule has 3 aliphatic heterocycles. The van der Waals surface area contributed by atoms with Crippen LogP contribution in [0.2, 0.25) is 0 Å². The minimum Gasteiger partial charge on any atom is -0.382 e. The van der Waals surface area contributed by atoms with Crippen LogP contribution in [0, 0.1) is 0 Å². The van der Waals surface area contributed by atoms with Gasteiger partial charge in [0.25, 0.3) is 5.56 Å². The van der Waals surface area contributed by atoms with E-state index in [4.69, 9.17) is 33.3 Å². The Morgan fingerprint density at radius 3 is 2.07 bits per heavy atom. The highest BCUT2D eigenvalue weighted by Crippen LogP contribution is 2.60. The molecule has 3 aromatic heterocycles. The molecule has 6 unspecified atom stereocenters. The molecule has 6 heterocycles. The molecule has 3 aliphatic rings. The predicted molar refractivity (Wildman–Crippen MR) is 144 cm³/mol. The number of nitrogens with two attached hydrogens (primary N) is 1. The van der Waals surface area contributed by atoms with Gasteiger partial charge in [-0.15, -0.1) is 0 Å². The fraction of sp³-hybridized carbons (Fsp3) is 0.526. The van der Waals surface area contributed by atoms with Crippen molar-refractivity contribution in [1.82, 2.24) is 29.1 Å². The monoisotopic (exact) mass is 671 g/mol. The highest BCUT2D eigenvalue weighted by Gasteiger charge is 2.54. The minimum atomic E-state index is -4.44. The normalized spacial score (nSPS) is 39.3. The molecule has 3 fully saturated rings. The van der Waals surface area contributed by atoms with Gasteiger partial charge in [0.15, 0.2) is 36.3 Å². The molecule has 0 aromatic carbocycles. The number of anilines is 1. The Morgan fingerprint density at radius 1 is 0.929 bits per heavy atom. The smallest absolute Gasteiger partial charge is 0.382 e. The first-order valence-electron chi connectivity index (χ1n) is 12.0. The number of nitrogens with zero attached hydrogens (tertiary/aromatic N) is 5. The van der Waals surface area contributed by atoms with Crippen LogP contribution in [0.1, 0.15) is 12.5 Å². The van der Waals surface area contributed by atoms with Crippen molar-refractivity contribution < 1.29 is 45.5 Å². The van der Waals surface area contributed by atoms with Crippen molar-refractivity contribution in [2.75, 3.05) is 18.9 Å². The highest BCUT2D eigenvalue weighted by molar-refractivity contribution is 8.44. The van der Waals surface area contributed by atoms with Gasteiger partial charge in [-0.05, 0) is 0 Å². The number of nitrogens with one attached hydrogen (secondary N) is 1. The molecule has 0 spiro atoms. The lowest BCUT2D eigenvalue weighted by Crippen LogP contribution is -2.37. The second-order valence-electron chi connectivity index (χ2n) is 9.29. The van der Waals surface area contributed by atoms with Gasteiger partial charge >= 0.3 is 19.3 Å². The Balaban J connectivity index is 1.28. The first-order chi connectivity index (χ1) is 19.8. The van der Waals surface area contributed by atoms with Gasteiger partial charge in [0.1, 0.15) is 36.3 Å². The molecule has 23 heteroatoms. The number of nitrogen functional groups attached to an aromatic ring is 1. The van der Waals surface area contributed by atoms with E-state index in [-0.39, 0.29) is 17.0 Å². The lowest BCUT2D eigenvalue weighted by Gasteiger charge is -2.28. The summed E-state index contributed by atoms with van der Waals surface area (Å²) in [5, 5.41) is 0. The molecule has 0 aliphatic carbocycles. The Kier molecular flexibility index (Phi) is 7.87. The van der Waals surface area contributed by atoms with E-state index >= 15 is 8.78 Å². The van der Waals surface area contributed by atoms with Crippen molar-refractivity contribution in [3.8, 4) is 0 Å². The number of aromatic amines is 1. The van der Waals surface area contributed by atoms with E-state index in [9.17, 15) is 18.7 Å². The summed E-state index contributed by atoms with van der Waals surface area (Å²) in [6.45, 7) is -10.3. The van der Waals surface area contributed by atoms with E-state index in [1.165, 1.54) is 10.9 Å². The first kappa shape index (κ1) is 29.9. The van der Waals surface area contributed by atoms with Gasteiger partial charge in [-0.2, -0.15) is 0 Å². The molecular formula is C19H21F2N7O10P2S2. The van der Waals surface area contributed by atoms with Gasteiger partial charge in [-0.3, -0.25) is 37.0 Å². The van der Waals surface area contributed by atoms with Crippen molar-refractivity contribution in [2.45, 2.75) is 49.2 Å². The summed E-state index contributed by atoms with van der Waals surface area (Å²) < 4.78 is 92.5. The third kappa shape index (κ3) is 5.58.